The van der Waals surface area contributed by atoms with Crippen LogP contribution in [0.3, 0.4) is 0 Å². The number of likely N-dealkylation sites (tertiary alicyclic amines) is 1. The molecule has 2 aliphatic rings. The predicted octanol–water partition coefficient (Wildman–Crippen LogP) is 2.07. The van der Waals surface area contributed by atoms with Crippen LogP contribution in [-0.4, -0.2) is 41.1 Å². The van der Waals surface area contributed by atoms with E-state index >= 15 is 0 Å². The van der Waals surface area contributed by atoms with E-state index < -0.39 is 5.97 Å². The van der Waals surface area contributed by atoms with E-state index in [1.54, 1.807) is 0 Å². The Morgan fingerprint density at radius 1 is 1.32 bits per heavy atom. The van der Waals surface area contributed by atoms with Gasteiger partial charge < -0.3 is 15.3 Å². The summed E-state index contributed by atoms with van der Waals surface area (Å²) in [5.41, 5.74) is 0. The first kappa shape index (κ1) is 14.2. The number of hydrogen-bond acceptors (Lipinski definition) is 2. The van der Waals surface area contributed by atoms with Crippen molar-refractivity contribution >= 4 is 12.0 Å². The van der Waals surface area contributed by atoms with Gasteiger partial charge in [-0.1, -0.05) is 6.92 Å². The number of carbonyl (C=O) groups is 2. The first-order chi connectivity index (χ1) is 9.06. The first-order valence-electron chi connectivity index (χ1n) is 7.33. The lowest BCUT2D eigenvalue weighted by molar-refractivity contribution is -0.138. The van der Waals surface area contributed by atoms with Crippen molar-refractivity contribution in [1.29, 1.82) is 0 Å². The second-order valence-electron chi connectivity index (χ2n) is 6.00. The van der Waals surface area contributed by atoms with E-state index in [0.717, 1.165) is 32.2 Å². The summed E-state index contributed by atoms with van der Waals surface area (Å²) in [4.78, 5) is 24.7. The molecule has 0 aromatic heterocycles. The molecule has 2 unspecified atom stereocenters. The fraction of sp³-hybridized carbons (Fsp3) is 0.857. The van der Waals surface area contributed by atoms with Crippen LogP contribution in [0.2, 0.25) is 0 Å². The van der Waals surface area contributed by atoms with Gasteiger partial charge >= 0.3 is 12.0 Å². The van der Waals surface area contributed by atoms with Gasteiger partial charge in [-0.25, -0.2) is 4.79 Å². The van der Waals surface area contributed by atoms with E-state index in [1.807, 2.05) is 11.8 Å². The van der Waals surface area contributed by atoms with Gasteiger partial charge in [0, 0.05) is 25.6 Å². The summed E-state index contributed by atoms with van der Waals surface area (Å²) >= 11 is 0. The van der Waals surface area contributed by atoms with Crippen molar-refractivity contribution in [1.82, 2.24) is 10.2 Å². The molecule has 2 rings (SSSR count). The zero-order chi connectivity index (χ0) is 13.8. The van der Waals surface area contributed by atoms with E-state index in [2.05, 4.69) is 5.32 Å². The number of hydrogen-bond donors (Lipinski definition) is 2. The van der Waals surface area contributed by atoms with Crippen molar-refractivity contribution in [2.24, 2.45) is 11.8 Å². The van der Waals surface area contributed by atoms with Gasteiger partial charge in [-0.3, -0.25) is 4.79 Å². The molecule has 19 heavy (non-hydrogen) atoms. The Balaban J connectivity index is 1.81. The third kappa shape index (κ3) is 3.85. The number of rotatable bonds is 4. The highest BCUT2D eigenvalue weighted by Gasteiger charge is 2.30. The summed E-state index contributed by atoms with van der Waals surface area (Å²) in [5, 5.41) is 11.9. The Hall–Kier alpha value is -1.26. The number of carboxylic acid groups (broad SMARTS) is 1. The van der Waals surface area contributed by atoms with Gasteiger partial charge in [0.2, 0.25) is 0 Å². The summed E-state index contributed by atoms with van der Waals surface area (Å²) in [5.74, 6) is -0.294. The second kappa shape index (κ2) is 6.26. The monoisotopic (exact) mass is 268 g/mol. The molecular formula is C14H24N2O3. The summed E-state index contributed by atoms with van der Waals surface area (Å²) in [6.07, 6.45) is 5.61. The third-order valence-electron chi connectivity index (χ3n) is 4.48. The van der Waals surface area contributed by atoms with Crippen molar-refractivity contribution in [3.05, 3.63) is 0 Å². The van der Waals surface area contributed by atoms with Gasteiger partial charge in [0.05, 0.1) is 0 Å². The average Bonchev–Trinajstić information content (AvgIpc) is 2.33. The lowest BCUT2D eigenvalue weighted by atomic mass is 9.85. The lowest BCUT2D eigenvalue weighted by Gasteiger charge is -2.37. The van der Waals surface area contributed by atoms with Crippen LogP contribution in [-0.2, 0) is 4.79 Å². The van der Waals surface area contributed by atoms with Crippen LogP contribution in [0.1, 0.15) is 45.4 Å². The fourth-order valence-corrected chi connectivity index (χ4v) is 2.92. The predicted molar refractivity (Wildman–Crippen MR) is 71.9 cm³/mol. The highest BCUT2D eigenvalue weighted by atomic mass is 16.4. The Bertz CT molecular complexity index is 342. The zero-order valence-electron chi connectivity index (χ0n) is 11.6. The topological polar surface area (TPSA) is 69.6 Å². The van der Waals surface area contributed by atoms with Crippen LogP contribution in [0.4, 0.5) is 4.79 Å². The number of urea groups is 1. The molecule has 1 aliphatic carbocycles. The first-order valence-corrected chi connectivity index (χ1v) is 7.33. The number of amides is 2. The van der Waals surface area contributed by atoms with E-state index in [0.29, 0.717) is 18.5 Å². The van der Waals surface area contributed by atoms with E-state index in [-0.39, 0.29) is 18.4 Å². The minimum absolute atomic E-state index is 0.0388. The van der Waals surface area contributed by atoms with Crippen LogP contribution in [0.15, 0.2) is 0 Å². The summed E-state index contributed by atoms with van der Waals surface area (Å²) in [7, 11) is 0. The van der Waals surface area contributed by atoms with Gasteiger partial charge in [-0.2, -0.15) is 0 Å². The number of piperidine rings is 1. The van der Waals surface area contributed by atoms with E-state index in [4.69, 9.17) is 5.11 Å². The molecule has 5 nitrogen and oxygen atoms in total. The molecule has 2 fully saturated rings. The largest absolute Gasteiger partial charge is 0.481 e. The van der Waals surface area contributed by atoms with Crippen LogP contribution in [0.5, 0.6) is 0 Å². The number of aliphatic carboxylic acids is 1. The molecule has 2 atom stereocenters. The van der Waals surface area contributed by atoms with Gasteiger partial charge in [0.1, 0.15) is 0 Å². The fourth-order valence-electron chi connectivity index (χ4n) is 2.92. The highest BCUT2D eigenvalue weighted by Crippen LogP contribution is 2.26. The smallest absolute Gasteiger partial charge is 0.317 e. The normalized spacial score (nSPS) is 25.5. The van der Waals surface area contributed by atoms with Crippen molar-refractivity contribution in [3.8, 4) is 0 Å². The van der Waals surface area contributed by atoms with Crippen molar-refractivity contribution in [2.45, 2.75) is 51.5 Å². The molecule has 5 heteroatoms. The molecule has 1 aliphatic heterocycles. The summed E-state index contributed by atoms with van der Waals surface area (Å²) < 4.78 is 0. The summed E-state index contributed by atoms with van der Waals surface area (Å²) in [6, 6.07) is 0.404. The maximum atomic E-state index is 12.1. The standard InChI is InChI=1S/C14H24N2O3/c1-10(8-13(17)18)11-4-3-7-16(9-11)14(19)15-12-5-2-6-12/h10-12H,2-9H2,1H3,(H,15,19)(H,17,18). The lowest BCUT2D eigenvalue weighted by Crippen LogP contribution is -2.51. The van der Waals surface area contributed by atoms with E-state index in [9.17, 15) is 9.59 Å². The van der Waals surface area contributed by atoms with Crippen molar-refractivity contribution < 1.29 is 14.7 Å². The van der Waals surface area contributed by atoms with Crippen LogP contribution < -0.4 is 5.32 Å². The zero-order valence-corrected chi connectivity index (χ0v) is 11.6. The van der Waals surface area contributed by atoms with Gasteiger partial charge in [0.15, 0.2) is 0 Å². The summed E-state index contributed by atoms with van der Waals surface area (Å²) in [6.45, 7) is 3.48. The number of carboxylic acids is 1. The molecule has 0 aromatic carbocycles. The number of nitrogens with one attached hydrogen (secondary N) is 1. The van der Waals surface area contributed by atoms with E-state index in [1.165, 1.54) is 6.42 Å². The maximum absolute atomic E-state index is 12.1. The quantitative estimate of drug-likeness (QED) is 0.820. The van der Waals surface area contributed by atoms with Crippen LogP contribution in [0, 0.1) is 11.8 Å². The van der Waals surface area contributed by atoms with Crippen molar-refractivity contribution in [3.63, 3.8) is 0 Å². The third-order valence-corrected chi connectivity index (χ3v) is 4.48. The Labute approximate surface area is 114 Å². The minimum Gasteiger partial charge on any atom is -0.481 e. The molecular weight excluding hydrogens is 244 g/mol. The Kier molecular flexibility index (Phi) is 4.66. The number of nitrogens with zero attached hydrogens (tertiary/aromatic N) is 1. The van der Waals surface area contributed by atoms with Gasteiger partial charge in [-0.15, -0.1) is 0 Å². The van der Waals surface area contributed by atoms with Crippen molar-refractivity contribution in [2.75, 3.05) is 13.1 Å². The second-order valence-corrected chi connectivity index (χ2v) is 6.00. The SMILES string of the molecule is CC(CC(=O)O)C1CCCN(C(=O)NC2CCC2)C1. The van der Waals surface area contributed by atoms with Crippen LogP contribution >= 0.6 is 0 Å². The molecule has 108 valence electrons. The molecule has 2 amide bonds. The molecule has 0 spiro atoms. The Morgan fingerprint density at radius 2 is 2.05 bits per heavy atom. The maximum Gasteiger partial charge on any atom is 0.317 e. The van der Waals surface area contributed by atoms with Gasteiger partial charge in [-0.05, 0) is 43.9 Å². The highest BCUT2D eigenvalue weighted by molar-refractivity contribution is 5.74. The molecule has 1 heterocycles. The average molecular weight is 268 g/mol. The van der Waals surface area contributed by atoms with Gasteiger partial charge in [0.25, 0.3) is 0 Å². The Morgan fingerprint density at radius 3 is 2.63 bits per heavy atom. The molecule has 1 saturated carbocycles. The molecule has 2 N–H and O–H groups in total. The molecule has 0 radical (unpaired) electrons. The minimum atomic E-state index is -0.747. The molecule has 0 aromatic rings. The molecule has 0 bridgehead atoms. The molecule has 1 saturated heterocycles. The van der Waals surface area contributed by atoms with Crippen LogP contribution in [0.25, 0.3) is 0 Å². The number of carbonyl (C=O) groups excluding carboxylic acids is 1.